The minimum Gasteiger partial charge on any atom is -0.442 e. The van der Waals surface area contributed by atoms with Gasteiger partial charge in [-0.15, -0.1) is 0 Å². The number of thiocarbonyl (C=S) groups is 1. The second-order valence-corrected chi connectivity index (χ2v) is 8.51. The smallest absolute Gasteiger partial charge is 0.414 e. The molecule has 1 aromatic rings. The maximum atomic E-state index is 14.9. The molecule has 1 unspecified atom stereocenters. The van der Waals surface area contributed by atoms with E-state index >= 15 is 0 Å². The van der Waals surface area contributed by atoms with Gasteiger partial charge in [0.05, 0.1) is 36.1 Å². The average molecular weight is 455 g/mol. The summed E-state index contributed by atoms with van der Waals surface area (Å²) < 4.78 is 20.2. The van der Waals surface area contributed by atoms with Crippen molar-refractivity contribution in [1.29, 1.82) is 0 Å². The van der Waals surface area contributed by atoms with E-state index in [-0.39, 0.29) is 6.10 Å². The van der Waals surface area contributed by atoms with Gasteiger partial charge in [-0.3, -0.25) is 9.69 Å². The number of carbonyl (C=O) groups is 2. The maximum absolute atomic E-state index is 14.9. The van der Waals surface area contributed by atoms with Crippen LogP contribution in [0.3, 0.4) is 0 Å². The van der Waals surface area contributed by atoms with Gasteiger partial charge < -0.3 is 30.1 Å². The zero-order chi connectivity index (χ0) is 22.8. The normalized spacial score (nSPS) is 21.0. The van der Waals surface area contributed by atoms with E-state index in [9.17, 15) is 19.1 Å². The first-order valence-corrected chi connectivity index (χ1v) is 10.4. The second-order valence-electron chi connectivity index (χ2n) is 7.90. The van der Waals surface area contributed by atoms with Gasteiger partial charge >= 0.3 is 6.09 Å². The van der Waals surface area contributed by atoms with Gasteiger partial charge in [0.15, 0.2) is 5.60 Å². The summed E-state index contributed by atoms with van der Waals surface area (Å²) in [6, 6.07) is 4.56. The number of rotatable bonds is 6. The van der Waals surface area contributed by atoms with Crippen LogP contribution in [-0.2, 0) is 9.53 Å². The van der Waals surface area contributed by atoms with E-state index in [2.05, 4.69) is 5.32 Å². The number of amides is 2. The van der Waals surface area contributed by atoms with Gasteiger partial charge in [-0.25, -0.2) is 9.18 Å². The Morgan fingerprint density at radius 2 is 2.03 bits per heavy atom. The third kappa shape index (κ3) is 5.23. The van der Waals surface area contributed by atoms with Crippen LogP contribution in [0.4, 0.5) is 20.6 Å². The van der Waals surface area contributed by atoms with Crippen LogP contribution in [0.25, 0.3) is 0 Å². The number of cyclic esters (lactones) is 1. The molecule has 2 heterocycles. The number of ether oxygens (including phenoxy) is 1. The molecule has 2 fully saturated rings. The molecule has 0 saturated carbocycles. The average Bonchev–Trinajstić information content (AvgIpc) is 3.12. The van der Waals surface area contributed by atoms with Crippen molar-refractivity contribution in [2.24, 2.45) is 0 Å². The lowest BCUT2D eigenvalue weighted by atomic mass is 10.1. The maximum Gasteiger partial charge on any atom is 0.414 e. The molecule has 0 bridgehead atoms. The SMILES string of the molecule is CC(=S)NC[C@H]1CN(c2ccc(N3CCN(C(=O)C(C)(O)CO)CC3)c(F)c2)C(=O)O1. The van der Waals surface area contributed by atoms with Crippen LogP contribution in [0.15, 0.2) is 18.2 Å². The van der Waals surface area contributed by atoms with Crippen LogP contribution in [0.2, 0.25) is 0 Å². The summed E-state index contributed by atoms with van der Waals surface area (Å²) >= 11 is 4.96. The standard InChI is InChI=1S/C20H27FN4O5S/c1-13(31)22-10-15-11-25(19(28)30-15)14-3-4-17(16(21)9-14)23-5-7-24(8-6-23)18(27)20(2,29)12-26/h3-4,9,15,26,29H,5-8,10-12H2,1-2H3,(H,22,31)/t15-,20?/m0/s1. The molecular weight excluding hydrogens is 427 g/mol. The van der Waals surface area contributed by atoms with E-state index in [1.807, 2.05) is 0 Å². The molecule has 3 rings (SSSR count). The summed E-state index contributed by atoms with van der Waals surface area (Å²) in [7, 11) is 0. The Kier molecular flexibility index (Phi) is 6.97. The molecule has 3 N–H and O–H groups in total. The first-order chi connectivity index (χ1) is 14.6. The number of hydrogen-bond donors (Lipinski definition) is 3. The summed E-state index contributed by atoms with van der Waals surface area (Å²) in [4.78, 5) is 29.7. The lowest BCUT2D eigenvalue weighted by Gasteiger charge is -2.38. The zero-order valence-electron chi connectivity index (χ0n) is 17.5. The van der Waals surface area contributed by atoms with Crippen LogP contribution in [-0.4, -0.2) is 89.7 Å². The molecule has 2 saturated heterocycles. The highest BCUT2D eigenvalue weighted by Crippen LogP contribution is 2.28. The zero-order valence-corrected chi connectivity index (χ0v) is 18.3. The first-order valence-electron chi connectivity index (χ1n) is 10.0. The van der Waals surface area contributed by atoms with Crippen molar-refractivity contribution in [1.82, 2.24) is 10.2 Å². The van der Waals surface area contributed by atoms with E-state index < -0.39 is 30.0 Å². The Morgan fingerprint density at radius 3 is 2.61 bits per heavy atom. The highest BCUT2D eigenvalue weighted by molar-refractivity contribution is 7.80. The summed E-state index contributed by atoms with van der Waals surface area (Å²) in [5, 5.41) is 22.1. The number of hydrogen-bond acceptors (Lipinski definition) is 7. The molecule has 2 aliphatic heterocycles. The summed E-state index contributed by atoms with van der Waals surface area (Å²) in [6.45, 7) is 4.36. The fraction of sp³-hybridized carbons (Fsp3) is 0.550. The molecule has 11 heteroatoms. The Balaban J connectivity index is 1.62. The molecule has 0 radical (unpaired) electrons. The van der Waals surface area contributed by atoms with Crippen LogP contribution in [0, 0.1) is 5.82 Å². The quantitative estimate of drug-likeness (QED) is 0.533. The molecular formula is C20H27FN4O5S. The molecule has 170 valence electrons. The number of aliphatic hydroxyl groups excluding tert-OH is 1. The molecule has 2 atom stereocenters. The van der Waals surface area contributed by atoms with E-state index in [1.54, 1.807) is 24.0 Å². The van der Waals surface area contributed by atoms with Crippen molar-refractivity contribution < 1.29 is 28.9 Å². The number of halogens is 1. The first kappa shape index (κ1) is 23.2. The van der Waals surface area contributed by atoms with E-state index in [4.69, 9.17) is 22.1 Å². The van der Waals surface area contributed by atoms with Gasteiger partial charge in [0.25, 0.3) is 5.91 Å². The largest absolute Gasteiger partial charge is 0.442 e. The molecule has 9 nitrogen and oxygen atoms in total. The van der Waals surface area contributed by atoms with Gasteiger partial charge in [0, 0.05) is 26.2 Å². The third-order valence-electron chi connectivity index (χ3n) is 5.37. The van der Waals surface area contributed by atoms with Gasteiger partial charge in [-0.1, -0.05) is 12.2 Å². The minimum absolute atomic E-state index is 0.290. The van der Waals surface area contributed by atoms with E-state index in [0.717, 1.165) is 0 Å². The third-order valence-corrected chi connectivity index (χ3v) is 5.52. The highest BCUT2D eigenvalue weighted by Gasteiger charge is 2.36. The Labute approximate surface area is 185 Å². The van der Waals surface area contributed by atoms with Crippen molar-refractivity contribution >= 4 is 40.6 Å². The molecule has 31 heavy (non-hydrogen) atoms. The van der Waals surface area contributed by atoms with Gasteiger partial charge in [-0.05, 0) is 32.0 Å². The van der Waals surface area contributed by atoms with Crippen molar-refractivity contribution in [2.75, 3.05) is 55.7 Å². The number of aliphatic hydroxyl groups is 2. The number of benzene rings is 1. The minimum atomic E-state index is -1.82. The Bertz CT molecular complexity index is 860. The van der Waals surface area contributed by atoms with E-state index in [1.165, 1.54) is 22.8 Å². The molecule has 2 aliphatic rings. The topological polar surface area (TPSA) is 106 Å². The van der Waals surface area contributed by atoms with Gasteiger partial charge in [0.2, 0.25) is 0 Å². The van der Waals surface area contributed by atoms with Crippen molar-refractivity contribution in [3.8, 4) is 0 Å². The van der Waals surface area contributed by atoms with Crippen LogP contribution in [0.5, 0.6) is 0 Å². The molecule has 1 aromatic carbocycles. The predicted octanol–water partition coefficient (Wildman–Crippen LogP) is 0.480. The Hall–Kier alpha value is -2.50. The molecule has 0 aliphatic carbocycles. The van der Waals surface area contributed by atoms with Crippen molar-refractivity contribution in [3.63, 3.8) is 0 Å². The van der Waals surface area contributed by atoms with Crippen molar-refractivity contribution in [2.45, 2.75) is 25.6 Å². The number of piperazine rings is 1. The number of anilines is 2. The molecule has 0 spiro atoms. The van der Waals surface area contributed by atoms with Crippen molar-refractivity contribution in [3.05, 3.63) is 24.0 Å². The summed E-state index contributed by atoms with van der Waals surface area (Å²) in [5.41, 5.74) is -1.05. The van der Waals surface area contributed by atoms with Gasteiger partial charge in [-0.2, -0.15) is 0 Å². The monoisotopic (exact) mass is 454 g/mol. The van der Waals surface area contributed by atoms with Crippen LogP contribution in [0.1, 0.15) is 13.8 Å². The van der Waals surface area contributed by atoms with Crippen LogP contribution < -0.4 is 15.1 Å². The number of nitrogens with zero attached hydrogens (tertiary/aromatic N) is 3. The molecule has 2 amide bonds. The van der Waals surface area contributed by atoms with E-state index in [0.29, 0.717) is 55.6 Å². The summed E-state index contributed by atoms with van der Waals surface area (Å²) in [6.07, 6.45) is -0.918. The number of nitrogens with one attached hydrogen (secondary N) is 1. The fourth-order valence-electron chi connectivity index (χ4n) is 3.58. The fourth-order valence-corrected chi connectivity index (χ4v) is 3.66. The van der Waals surface area contributed by atoms with Crippen LogP contribution >= 0.6 is 12.2 Å². The lowest BCUT2D eigenvalue weighted by molar-refractivity contribution is -0.153. The second kappa shape index (κ2) is 9.33. The lowest BCUT2D eigenvalue weighted by Crippen LogP contribution is -2.56. The predicted molar refractivity (Wildman–Crippen MR) is 117 cm³/mol. The molecule has 0 aromatic heterocycles. The highest BCUT2D eigenvalue weighted by atomic mass is 32.1. The summed E-state index contributed by atoms with van der Waals surface area (Å²) in [5.74, 6) is -1.03. The Morgan fingerprint density at radius 1 is 1.35 bits per heavy atom. The van der Waals surface area contributed by atoms with Gasteiger partial charge in [0.1, 0.15) is 11.9 Å². The number of carbonyl (C=O) groups excluding carboxylic acids is 2.